The van der Waals surface area contributed by atoms with Gasteiger partial charge in [0.15, 0.2) is 5.82 Å². The number of anilines is 1. The summed E-state index contributed by atoms with van der Waals surface area (Å²) < 4.78 is 5.53. The maximum absolute atomic E-state index is 5.53. The van der Waals surface area contributed by atoms with E-state index in [1.807, 2.05) is 24.3 Å². The van der Waals surface area contributed by atoms with Crippen molar-refractivity contribution in [2.75, 3.05) is 32.6 Å². The molecule has 4 rings (SSSR count). The highest BCUT2D eigenvalue weighted by molar-refractivity contribution is 5.85. The zero-order valence-electron chi connectivity index (χ0n) is 19.5. The first-order valence-electron chi connectivity index (χ1n) is 10.6. The average Bonchev–Trinajstić information content (AvgIpc) is 3.32. The van der Waals surface area contributed by atoms with E-state index < -0.39 is 0 Å². The van der Waals surface area contributed by atoms with E-state index in [2.05, 4.69) is 70.0 Å². The summed E-state index contributed by atoms with van der Waals surface area (Å²) in [4.78, 5) is 9.33. The van der Waals surface area contributed by atoms with Gasteiger partial charge in [-0.15, -0.1) is 22.6 Å². The first-order valence-corrected chi connectivity index (χ1v) is 10.6. The normalized spacial score (nSPS) is 20.4. The van der Waals surface area contributed by atoms with Crippen LogP contribution in [0.3, 0.4) is 0 Å². The van der Waals surface area contributed by atoms with Crippen LogP contribution in [-0.4, -0.2) is 69.6 Å². The van der Waals surface area contributed by atoms with E-state index in [1.165, 1.54) is 0 Å². The lowest BCUT2D eigenvalue weighted by Crippen LogP contribution is -2.59. The molecule has 4 heterocycles. The Morgan fingerprint density at radius 1 is 1.16 bits per heavy atom. The minimum Gasteiger partial charge on any atom is -0.480 e. The molecule has 9 heteroatoms. The zero-order valence-corrected chi connectivity index (χ0v) is 20.3. The van der Waals surface area contributed by atoms with Gasteiger partial charge in [0.2, 0.25) is 5.88 Å². The Kier molecular flexibility index (Phi) is 7.05. The molecule has 0 bridgehead atoms. The highest BCUT2D eigenvalue weighted by atomic mass is 35.5. The molecule has 8 nitrogen and oxygen atoms in total. The molecule has 32 heavy (non-hydrogen) atoms. The minimum absolute atomic E-state index is 0. The van der Waals surface area contributed by atoms with Gasteiger partial charge in [-0.2, -0.15) is 5.10 Å². The van der Waals surface area contributed by atoms with E-state index in [1.54, 1.807) is 19.5 Å². The number of H-pyrrole nitrogens is 1. The monoisotopic (exact) mass is 457 g/mol. The molecule has 0 spiro atoms. The predicted octanol–water partition coefficient (Wildman–Crippen LogP) is 3.91. The maximum atomic E-state index is 5.53. The first kappa shape index (κ1) is 23.9. The number of hydrogen-bond acceptors (Lipinski definition) is 7. The fraction of sp³-hybridized carbons (Fsp3) is 0.478. The topological polar surface area (TPSA) is 83.1 Å². The SMILES string of the molecule is COc1nc(-c2cn[nH]c2)ccc1-c1ccc(N(C)C2CCN(C)C(C)(C)C2C)nn1.Cl. The van der Waals surface area contributed by atoms with E-state index in [0.29, 0.717) is 17.8 Å². The quantitative estimate of drug-likeness (QED) is 0.621. The number of halogens is 1. The molecule has 2 atom stereocenters. The Bertz CT molecular complexity index is 1020. The second kappa shape index (κ2) is 9.42. The van der Waals surface area contributed by atoms with Gasteiger partial charge < -0.3 is 14.5 Å². The van der Waals surface area contributed by atoms with Crippen molar-refractivity contribution in [1.29, 1.82) is 0 Å². The van der Waals surface area contributed by atoms with E-state index in [4.69, 9.17) is 4.74 Å². The molecule has 3 aromatic heterocycles. The third-order valence-electron chi connectivity index (χ3n) is 7.07. The van der Waals surface area contributed by atoms with Crippen molar-refractivity contribution < 1.29 is 4.74 Å². The lowest BCUT2D eigenvalue weighted by molar-refractivity contribution is 0.0391. The van der Waals surface area contributed by atoms with Crippen LogP contribution in [0.25, 0.3) is 22.5 Å². The van der Waals surface area contributed by atoms with E-state index in [0.717, 1.165) is 41.3 Å². The predicted molar refractivity (Wildman–Crippen MR) is 129 cm³/mol. The molecule has 1 saturated heterocycles. The second-order valence-electron chi connectivity index (χ2n) is 8.85. The van der Waals surface area contributed by atoms with E-state index >= 15 is 0 Å². The minimum atomic E-state index is 0. The molecule has 0 radical (unpaired) electrons. The standard InChI is InChI=1S/C23H31N7O.ClH/c1-15-20(11-12-29(4)23(15,2)3)30(5)21-10-9-19(27-28-21)17-7-8-18(26-22(17)31-6)16-13-24-25-14-16;/h7-10,13-15,20H,11-12H2,1-6H3,(H,24,25);1H. The number of likely N-dealkylation sites (tertiary alicyclic amines) is 1. The Morgan fingerprint density at radius 2 is 1.91 bits per heavy atom. The number of piperidine rings is 1. The van der Waals surface area contributed by atoms with Crippen molar-refractivity contribution in [3.63, 3.8) is 0 Å². The van der Waals surface area contributed by atoms with Crippen LogP contribution >= 0.6 is 12.4 Å². The number of hydrogen-bond donors (Lipinski definition) is 1. The van der Waals surface area contributed by atoms with Crippen molar-refractivity contribution in [3.8, 4) is 28.4 Å². The van der Waals surface area contributed by atoms with Gasteiger partial charge in [-0.25, -0.2) is 4.98 Å². The zero-order chi connectivity index (χ0) is 22.2. The summed E-state index contributed by atoms with van der Waals surface area (Å²) in [5, 5.41) is 15.8. The molecular weight excluding hydrogens is 426 g/mol. The number of aromatic amines is 1. The highest BCUT2D eigenvalue weighted by Crippen LogP contribution is 2.36. The number of nitrogens with one attached hydrogen (secondary N) is 1. The molecule has 172 valence electrons. The summed E-state index contributed by atoms with van der Waals surface area (Å²) >= 11 is 0. The number of nitrogens with zero attached hydrogens (tertiary/aromatic N) is 6. The van der Waals surface area contributed by atoms with Gasteiger partial charge in [-0.3, -0.25) is 5.10 Å². The van der Waals surface area contributed by atoms with Crippen LogP contribution in [-0.2, 0) is 0 Å². The third kappa shape index (κ3) is 4.29. The summed E-state index contributed by atoms with van der Waals surface area (Å²) in [6.45, 7) is 8.04. The van der Waals surface area contributed by atoms with Crippen LogP contribution in [0.4, 0.5) is 5.82 Å². The van der Waals surface area contributed by atoms with E-state index in [-0.39, 0.29) is 17.9 Å². The Hall–Kier alpha value is -2.71. The van der Waals surface area contributed by atoms with Crippen molar-refractivity contribution >= 4 is 18.2 Å². The molecule has 0 amide bonds. The Morgan fingerprint density at radius 3 is 2.53 bits per heavy atom. The van der Waals surface area contributed by atoms with Crippen molar-refractivity contribution in [3.05, 3.63) is 36.7 Å². The summed E-state index contributed by atoms with van der Waals surface area (Å²) in [7, 11) is 5.94. The molecule has 1 aliphatic rings. The number of pyridine rings is 1. The lowest BCUT2D eigenvalue weighted by atomic mass is 9.77. The van der Waals surface area contributed by atoms with Crippen LogP contribution in [0, 0.1) is 5.92 Å². The van der Waals surface area contributed by atoms with Gasteiger partial charge in [0, 0.05) is 36.9 Å². The third-order valence-corrected chi connectivity index (χ3v) is 7.07. The fourth-order valence-corrected chi connectivity index (χ4v) is 4.38. The Balaban J connectivity index is 0.00000289. The molecule has 1 fully saturated rings. The number of ether oxygens (including phenoxy) is 1. The summed E-state index contributed by atoms with van der Waals surface area (Å²) in [5.41, 5.74) is 3.38. The lowest BCUT2D eigenvalue weighted by Gasteiger charge is -2.51. The highest BCUT2D eigenvalue weighted by Gasteiger charge is 2.41. The van der Waals surface area contributed by atoms with Crippen LogP contribution in [0.5, 0.6) is 5.88 Å². The van der Waals surface area contributed by atoms with Crippen molar-refractivity contribution in [2.45, 2.75) is 38.8 Å². The average molecular weight is 458 g/mol. The van der Waals surface area contributed by atoms with Gasteiger partial charge in [-0.05, 0) is 57.5 Å². The molecular formula is C23H32ClN7O. The summed E-state index contributed by atoms with van der Waals surface area (Å²) in [6, 6.07) is 8.33. The van der Waals surface area contributed by atoms with Gasteiger partial charge in [-0.1, -0.05) is 6.92 Å². The van der Waals surface area contributed by atoms with Gasteiger partial charge in [0.05, 0.1) is 30.3 Å². The Labute approximate surface area is 195 Å². The van der Waals surface area contributed by atoms with Gasteiger partial charge >= 0.3 is 0 Å². The number of aromatic nitrogens is 5. The fourth-order valence-electron chi connectivity index (χ4n) is 4.38. The molecule has 0 saturated carbocycles. The van der Waals surface area contributed by atoms with Gasteiger partial charge in [0.1, 0.15) is 0 Å². The van der Waals surface area contributed by atoms with Crippen LogP contribution in [0.2, 0.25) is 0 Å². The van der Waals surface area contributed by atoms with E-state index in [9.17, 15) is 0 Å². The van der Waals surface area contributed by atoms with Crippen molar-refractivity contribution in [1.82, 2.24) is 30.3 Å². The largest absolute Gasteiger partial charge is 0.480 e. The van der Waals surface area contributed by atoms with Gasteiger partial charge in [0.25, 0.3) is 0 Å². The molecule has 1 N–H and O–H groups in total. The number of rotatable bonds is 5. The smallest absolute Gasteiger partial charge is 0.223 e. The molecule has 0 aliphatic carbocycles. The molecule has 0 aromatic carbocycles. The molecule has 3 aromatic rings. The first-order chi connectivity index (χ1) is 14.8. The van der Waals surface area contributed by atoms with Crippen molar-refractivity contribution in [2.24, 2.45) is 5.92 Å². The van der Waals surface area contributed by atoms with Crippen LogP contribution < -0.4 is 9.64 Å². The second-order valence-corrected chi connectivity index (χ2v) is 8.85. The summed E-state index contributed by atoms with van der Waals surface area (Å²) in [5.74, 6) is 1.89. The van der Waals surface area contributed by atoms with Crippen LogP contribution in [0.15, 0.2) is 36.7 Å². The molecule has 2 unspecified atom stereocenters. The summed E-state index contributed by atoms with van der Waals surface area (Å²) in [6.07, 6.45) is 4.64. The number of methoxy groups -OCH3 is 1. The molecule has 1 aliphatic heterocycles. The maximum Gasteiger partial charge on any atom is 0.223 e. The van der Waals surface area contributed by atoms with Crippen LogP contribution in [0.1, 0.15) is 27.2 Å².